The highest BCUT2D eigenvalue weighted by Crippen LogP contribution is 2.41. The third-order valence-corrected chi connectivity index (χ3v) is 6.19. The first-order valence-electron chi connectivity index (χ1n) is 11.0. The molecule has 0 spiro atoms. The molecule has 170 valence electrons. The fourth-order valence-electron chi connectivity index (χ4n) is 4.41. The van der Waals surface area contributed by atoms with E-state index >= 15 is 0 Å². The maximum atomic E-state index is 13.2. The van der Waals surface area contributed by atoms with E-state index in [-0.39, 0.29) is 17.9 Å². The number of furan rings is 1. The topological polar surface area (TPSA) is 74.0 Å². The third-order valence-electron chi connectivity index (χ3n) is 6.19. The van der Waals surface area contributed by atoms with Crippen molar-refractivity contribution in [2.45, 2.75) is 12.6 Å². The van der Waals surface area contributed by atoms with Gasteiger partial charge >= 0.3 is 0 Å². The molecule has 0 saturated carbocycles. The number of hydrogen-bond acceptors (Lipinski definition) is 5. The number of anilines is 1. The van der Waals surface area contributed by atoms with Gasteiger partial charge in [0.1, 0.15) is 11.5 Å². The summed E-state index contributed by atoms with van der Waals surface area (Å²) in [5.74, 6) is -1.01. The molecular formula is C28H24N2O4. The van der Waals surface area contributed by atoms with Crippen molar-refractivity contribution in [2.75, 3.05) is 19.0 Å². The molecule has 1 N–H and O–H groups in total. The molecule has 1 atom stereocenters. The predicted molar refractivity (Wildman–Crippen MR) is 131 cm³/mol. The third kappa shape index (κ3) is 3.73. The quantitative estimate of drug-likeness (QED) is 0.258. The number of benzene rings is 3. The fourth-order valence-corrected chi connectivity index (χ4v) is 4.41. The molecule has 4 aromatic rings. The number of fused-ring (bicyclic) bond motifs is 1. The van der Waals surface area contributed by atoms with Crippen LogP contribution in [0.3, 0.4) is 0 Å². The second kappa shape index (κ2) is 8.56. The van der Waals surface area contributed by atoms with Gasteiger partial charge in [-0.15, -0.1) is 0 Å². The number of rotatable bonds is 5. The minimum Gasteiger partial charge on any atom is -0.507 e. The zero-order chi connectivity index (χ0) is 23.8. The number of amides is 1. The molecule has 1 aliphatic rings. The number of ketones is 1. The molecule has 1 aromatic heterocycles. The van der Waals surface area contributed by atoms with Crippen LogP contribution in [0.5, 0.6) is 0 Å². The van der Waals surface area contributed by atoms with E-state index in [4.69, 9.17) is 4.42 Å². The number of carbonyl (C=O) groups excluding carboxylic acids is 2. The molecule has 6 nitrogen and oxygen atoms in total. The summed E-state index contributed by atoms with van der Waals surface area (Å²) in [5.41, 5.74) is 2.29. The Bertz CT molecular complexity index is 1400. The van der Waals surface area contributed by atoms with Crippen LogP contribution in [-0.4, -0.2) is 35.8 Å². The summed E-state index contributed by atoms with van der Waals surface area (Å²) in [6.45, 7) is 0.117. The molecule has 5 rings (SSSR count). The van der Waals surface area contributed by atoms with Gasteiger partial charge in [-0.25, -0.2) is 0 Å². The van der Waals surface area contributed by atoms with Gasteiger partial charge in [0.2, 0.25) is 0 Å². The van der Waals surface area contributed by atoms with Gasteiger partial charge in [0.15, 0.2) is 0 Å². The number of likely N-dealkylation sites (tertiary alicyclic amines) is 1. The lowest BCUT2D eigenvalue weighted by Gasteiger charge is -2.25. The Morgan fingerprint density at radius 3 is 2.35 bits per heavy atom. The summed E-state index contributed by atoms with van der Waals surface area (Å²) in [5, 5.41) is 13.3. The van der Waals surface area contributed by atoms with Gasteiger partial charge in [0.25, 0.3) is 11.7 Å². The summed E-state index contributed by atoms with van der Waals surface area (Å²) in [6.07, 6.45) is 1.53. The Balaban J connectivity index is 1.65. The van der Waals surface area contributed by atoms with Crippen LogP contribution in [0.15, 0.2) is 95.1 Å². The molecule has 0 aliphatic carbocycles. The molecule has 0 bridgehead atoms. The standard InChI is InChI=1S/C28H24N2O4/c1-29(2)22-13-11-19(12-14-22)25-24(27(32)28(33)30(25)17-23-8-5-15-34-23)26(31)21-10-9-18-6-3-4-7-20(18)16-21/h3-16,25,31H,17H2,1-2H3/b26-24-. The lowest BCUT2D eigenvalue weighted by molar-refractivity contribution is -0.140. The molecule has 1 aliphatic heterocycles. The molecule has 2 heterocycles. The van der Waals surface area contributed by atoms with Crippen molar-refractivity contribution in [3.63, 3.8) is 0 Å². The van der Waals surface area contributed by atoms with Crippen LogP contribution in [0.1, 0.15) is 22.9 Å². The Morgan fingerprint density at radius 1 is 0.941 bits per heavy atom. The molecule has 3 aromatic carbocycles. The highest BCUT2D eigenvalue weighted by molar-refractivity contribution is 6.46. The van der Waals surface area contributed by atoms with Crippen LogP contribution >= 0.6 is 0 Å². The number of Topliss-reactive ketones (excluding diaryl/α,β-unsaturated/α-hetero) is 1. The van der Waals surface area contributed by atoms with E-state index in [0.717, 1.165) is 22.0 Å². The molecule has 6 heteroatoms. The molecule has 0 radical (unpaired) electrons. The van der Waals surface area contributed by atoms with Crippen LogP contribution < -0.4 is 4.90 Å². The predicted octanol–water partition coefficient (Wildman–Crippen LogP) is 5.12. The largest absolute Gasteiger partial charge is 0.507 e. The maximum absolute atomic E-state index is 13.2. The summed E-state index contributed by atoms with van der Waals surface area (Å²) in [4.78, 5) is 29.8. The van der Waals surface area contributed by atoms with Crippen LogP contribution in [-0.2, 0) is 16.1 Å². The van der Waals surface area contributed by atoms with Crippen molar-refractivity contribution in [1.29, 1.82) is 0 Å². The SMILES string of the molecule is CN(C)c1ccc(C2/C(=C(/O)c3ccc4ccccc4c3)C(=O)C(=O)N2Cc2ccco2)cc1. The van der Waals surface area contributed by atoms with Crippen molar-refractivity contribution in [1.82, 2.24) is 4.90 Å². The molecule has 1 unspecified atom stereocenters. The molecule has 1 saturated heterocycles. The zero-order valence-electron chi connectivity index (χ0n) is 18.9. The Labute approximate surface area is 197 Å². The minimum atomic E-state index is -0.743. The average Bonchev–Trinajstić information content (AvgIpc) is 3.46. The van der Waals surface area contributed by atoms with Crippen molar-refractivity contribution in [3.05, 3.63) is 108 Å². The number of carbonyl (C=O) groups is 2. The van der Waals surface area contributed by atoms with Gasteiger partial charge in [-0.1, -0.05) is 48.5 Å². The first-order chi connectivity index (χ1) is 16.4. The van der Waals surface area contributed by atoms with E-state index < -0.39 is 17.7 Å². The van der Waals surface area contributed by atoms with Crippen molar-refractivity contribution in [3.8, 4) is 0 Å². The number of nitrogens with zero attached hydrogens (tertiary/aromatic N) is 2. The van der Waals surface area contributed by atoms with Crippen LogP contribution in [0.4, 0.5) is 5.69 Å². The highest BCUT2D eigenvalue weighted by atomic mass is 16.3. The molecule has 34 heavy (non-hydrogen) atoms. The summed E-state index contributed by atoms with van der Waals surface area (Å²) >= 11 is 0. The Hall–Kier alpha value is -4.32. The average molecular weight is 453 g/mol. The second-order valence-corrected chi connectivity index (χ2v) is 8.55. The maximum Gasteiger partial charge on any atom is 0.296 e. The minimum absolute atomic E-state index is 0.0736. The second-order valence-electron chi connectivity index (χ2n) is 8.55. The Kier molecular flexibility index (Phi) is 5.42. The summed E-state index contributed by atoms with van der Waals surface area (Å²) < 4.78 is 5.45. The molecular weight excluding hydrogens is 428 g/mol. The van der Waals surface area contributed by atoms with E-state index in [0.29, 0.717) is 11.3 Å². The van der Waals surface area contributed by atoms with Gasteiger partial charge in [0.05, 0.1) is 24.4 Å². The van der Waals surface area contributed by atoms with E-state index in [9.17, 15) is 14.7 Å². The normalized spacial score (nSPS) is 17.5. The van der Waals surface area contributed by atoms with E-state index in [2.05, 4.69) is 0 Å². The van der Waals surface area contributed by atoms with Crippen molar-refractivity contribution >= 4 is 33.9 Å². The lowest BCUT2D eigenvalue weighted by Crippen LogP contribution is -2.29. The van der Waals surface area contributed by atoms with Crippen molar-refractivity contribution < 1.29 is 19.1 Å². The van der Waals surface area contributed by atoms with Crippen LogP contribution in [0.25, 0.3) is 16.5 Å². The van der Waals surface area contributed by atoms with Gasteiger partial charge in [-0.05, 0) is 46.7 Å². The molecule has 1 amide bonds. The summed E-state index contributed by atoms with van der Waals surface area (Å²) in [6, 6.07) is 23.7. The van der Waals surface area contributed by atoms with E-state index in [1.54, 1.807) is 18.2 Å². The molecule has 1 fully saturated rings. The van der Waals surface area contributed by atoms with Gasteiger partial charge in [-0.3, -0.25) is 9.59 Å². The zero-order valence-corrected chi connectivity index (χ0v) is 18.9. The Morgan fingerprint density at radius 2 is 1.68 bits per heavy atom. The summed E-state index contributed by atoms with van der Waals surface area (Å²) in [7, 11) is 3.88. The van der Waals surface area contributed by atoms with E-state index in [1.807, 2.05) is 79.7 Å². The highest BCUT2D eigenvalue weighted by Gasteiger charge is 2.46. The fraction of sp³-hybridized carbons (Fsp3) is 0.143. The first-order valence-corrected chi connectivity index (χ1v) is 11.0. The van der Waals surface area contributed by atoms with Gasteiger partial charge in [-0.2, -0.15) is 0 Å². The lowest BCUT2D eigenvalue weighted by atomic mass is 9.94. The van der Waals surface area contributed by atoms with Crippen LogP contribution in [0, 0.1) is 0 Å². The van der Waals surface area contributed by atoms with Crippen molar-refractivity contribution in [2.24, 2.45) is 0 Å². The number of hydrogen-bond donors (Lipinski definition) is 1. The van der Waals surface area contributed by atoms with Gasteiger partial charge in [0, 0.05) is 25.3 Å². The monoisotopic (exact) mass is 452 g/mol. The van der Waals surface area contributed by atoms with E-state index in [1.165, 1.54) is 11.2 Å². The smallest absolute Gasteiger partial charge is 0.296 e. The number of aliphatic hydroxyl groups excluding tert-OH is 1. The number of aliphatic hydroxyl groups is 1. The van der Waals surface area contributed by atoms with Crippen LogP contribution in [0.2, 0.25) is 0 Å². The van der Waals surface area contributed by atoms with Gasteiger partial charge < -0.3 is 19.3 Å². The first kappa shape index (κ1) is 21.5.